The Hall–Kier alpha value is -0.400. The van der Waals surface area contributed by atoms with Crippen molar-refractivity contribution in [2.75, 3.05) is 13.2 Å². The molecule has 1 aromatic carbocycles. The number of hydrogen-bond donors (Lipinski definition) is 1. The summed E-state index contributed by atoms with van der Waals surface area (Å²) in [6, 6.07) is 2.18. The molecular weight excluding hydrogens is 328 g/mol. The van der Waals surface area contributed by atoms with Gasteiger partial charge in [0, 0.05) is 12.6 Å². The van der Waals surface area contributed by atoms with E-state index >= 15 is 0 Å². The van der Waals surface area contributed by atoms with E-state index in [9.17, 15) is 12.8 Å². The van der Waals surface area contributed by atoms with Crippen LogP contribution < -0.4 is 0 Å². The van der Waals surface area contributed by atoms with Crippen LogP contribution in [0.5, 0.6) is 0 Å². The summed E-state index contributed by atoms with van der Waals surface area (Å²) < 4.78 is 40.0. The molecule has 0 saturated heterocycles. The molecule has 1 N–H and O–H groups in total. The van der Waals surface area contributed by atoms with E-state index in [2.05, 4.69) is 0 Å². The van der Waals surface area contributed by atoms with Crippen LogP contribution in [0.15, 0.2) is 17.0 Å². The monoisotopic (exact) mass is 341 g/mol. The maximum absolute atomic E-state index is 13.7. The Kier molecular flexibility index (Phi) is 4.92. The predicted molar refractivity (Wildman–Crippen MR) is 75.0 cm³/mol. The second kappa shape index (κ2) is 6.15. The number of nitrogens with zero attached hydrogens (tertiary/aromatic N) is 1. The minimum Gasteiger partial charge on any atom is -0.395 e. The van der Waals surface area contributed by atoms with Gasteiger partial charge < -0.3 is 5.11 Å². The fraction of sp³-hybridized carbons (Fsp3) is 0.500. The van der Waals surface area contributed by atoms with Crippen LogP contribution in [-0.2, 0) is 10.0 Å². The summed E-state index contributed by atoms with van der Waals surface area (Å²) in [7, 11) is -3.95. The van der Waals surface area contributed by atoms with Crippen molar-refractivity contribution < 1.29 is 17.9 Å². The van der Waals surface area contributed by atoms with E-state index in [1.54, 1.807) is 0 Å². The van der Waals surface area contributed by atoms with Crippen LogP contribution in [-0.4, -0.2) is 37.0 Å². The van der Waals surface area contributed by atoms with Crippen LogP contribution in [0.2, 0.25) is 10.0 Å². The van der Waals surface area contributed by atoms with Gasteiger partial charge in [0.1, 0.15) is 4.90 Å². The normalized spacial score (nSPS) is 16.4. The largest absolute Gasteiger partial charge is 0.395 e. The van der Waals surface area contributed by atoms with Gasteiger partial charge in [0.2, 0.25) is 10.0 Å². The van der Waals surface area contributed by atoms with Crippen molar-refractivity contribution in [1.82, 2.24) is 4.31 Å². The van der Waals surface area contributed by atoms with Crippen LogP contribution in [0.4, 0.5) is 4.39 Å². The van der Waals surface area contributed by atoms with Crippen LogP contribution in [0.3, 0.4) is 0 Å². The third kappa shape index (κ3) is 2.80. The van der Waals surface area contributed by atoms with E-state index in [-0.39, 0.29) is 29.1 Å². The number of aliphatic hydroxyl groups is 1. The van der Waals surface area contributed by atoms with Crippen molar-refractivity contribution in [2.45, 2.75) is 30.2 Å². The molecule has 20 heavy (non-hydrogen) atoms. The molecule has 1 aliphatic carbocycles. The molecule has 0 aromatic heterocycles. The quantitative estimate of drug-likeness (QED) is 0.837. The summed E-state index contributed by atoms with van der Waals surface area (Å²) in [5, 5.41) is 8.30. The number of aliphatic hydroxyl groups excluding tert-OH is 1. The van der Waals surface area contributed by atoms with Gasteiger partial charge in [-0.05, 0) is 25.0 Å². The SMILES string of the molecule is O=S(=O)(c1ccc(Cl)c(F)c1Cl)N(CCO)C1CCC1. The molecule has 1 aromatic rings. The molecule has 1 aliphatic rings. The number of rotatable bonds is 5. The highest BCUT2D eigenvalue weighted by atomic mass is 35.5. The van der Waals surface area contributed by atoms with Gasteiger partial charge in [-0.1, -0.05) is 29.6 Å². The lowest BCUT2D eigenvalue weighted by atomic mass is 9.93. The molecule has 1 saturated carbocycles. The average molecular weight is 342 g/mol. The van der Waals surface area contributed by atoms with E-state index in [1.165, 1.54) is 10.4 Å². The molecule has 0 bridgehead atoms. The maximum atomic E-state index is 13.7. The summed E-state index contributed by atoms with van der Waals surface area (Å²) in [4.78, 5) is -0.318. The van der Waals surface area contributed by atoms with Crippen LogP contribution in [0.25, 0.3) is 0 Å². The van der Waals surface area contributed by atoms with Crippen molar-refractivity contribution in [2.24, 2.45) is 0 Å². The molecular formula is C12H14Cl2FNO3S. The zero-order chi connectivity index (χ0) is 14.9. The first-order valence-corrected chi connectivity index (χ1v) is 8.35. The number of benzene rings is 1. The molecule has 0 spiro atoms. The van der Waals surface area contributed by atoms with Gasteiger partial charge in [-0.25, -0.2) is 12.8 Å². The molecule has 112 valence electrons. The maximum Gasteiger partial charge on any atom is 0.244 e. The Morgan fingerprint density at radius 3 is 2.50 bits per heavy atom. The number of hydrogen-bond acceptors (Lipinski definition) is 3. The van der Waals surface area contributed by atoms with Gasteiger partial charge in [0.15, 0.2) is 5.82 Å². The van der Waals surface area contributed by atoms with Crippen molar-refractivity contribution in [3.05, 3.63) is 28.0 Å². The Balaban J connectivity index is 2.45. The zero-order valence-electron chi connectivity index (χ0n) is 10.5. The molecule has 0 atom stereocenters. The number of sulfonamides is 1. The van der Waals surface area contributed by atoms with E-state index in [0.29, 0.717) is 0 Å². The summed E-state index contributed by atoms with van der Waals surface area (Å²) in [6.07, 6.45) is 2.39. The molecule has 0 heterocycles. The van der Waals surface area contributed by atoms with E-state index in [0.717, 1.165) is 25.3 Å². The smallest absolute Gasteiger partial charge is 0.244 e. The van der Waals surface area contributed by atoms with Crippen molar-refractivity contribution in [1.29, 1.82) is 0 Å². The lowest BCUT2D eigenvalue weighted by Gasteiger charge is -2.36. The summed E-state index contributed by atoms with van der Waals surface area (Å²) in [6.45, 7) is -0.336. The lowest BCUT2D eigenvalue weighted by molar-refractivity contribution is 0.178. The van der Waals surface area contributed by atoms with E-state index < -0.39 is 20.9 Å². The zero-order valence-corrected chi connectivity index (χ0v) is 12.8. The molecule has 0 aliphatic heterocycles. The summed E-state index contributed by atoms with van der Waals surface area (Å²) in [5.41, 5.74) is 0. The fourth-order valence-electron chi connectivity index (χ4n) is 2.11. The highest BCUT2D eigenvalue weighted by Crippen LogP contribution is 2.35. The standard InChI is InChI=1S/C12H14Cl2FNO3S/c13-9-4-5-10(11(14)12(9)15)20(18,19)16(6-7-17)8-2-1-3-8/h4-5,8,17H,1-3,6-7H2. The first kappa shape index (κ1) is 16.0. The Morgan fingerprint density at radius 2 is 2.00 bits per heavy atom. The van der Waals surface area contributed by atoms with E-state index in [1.807, 2.05) is 0 Å². The van der Waals surface area contributed by atoms with Gasteiger partial charge >= 0.3 is 0 Å². The van der Waals surface area contributed by atoms with Crippen molar-refractivity contribution in [3.8, 4) is 0 Å². The van der Waals surface area contributed by atoms with E-state index in [4.69, 9.17) is 28.3 Å². The van der Waals surface area contributed by atoms with Gasteiger partial charge in [0.05, 0.1) is 16.7 Å². The predicted octanol–water partition coefficient (Wildman–Crippen LogP) is 2.67. The molecule has 8 heteroatoms. The fourth-order valence-corrected chi connectivity index (χ4v) is 4.50. The van der Waals surface area contributed by atoms with Crippen molar-refractivity contribution in [3.63, 3.8) is 0 Å². The minimum absolute atomic E-state index is 0.0342. The Bertz CT molecular complexity index is 605. The average Bonchev–Trinajstić information content (AvgIpc) is 2.33. The van der Waals surface area contributed by atoms with Crippen LogP contribution in [0.1, 0.15) is 19.3 Å². The van der Waals surface area contributed by atoms with Gasteiger partial charge in [-0.2, -0.15) is 4.31 Å². The van der Waals surface area contributed by atoms with Gasteiger partial charge in [-0.15, -0.1) is 0 Å². The number of halogens is 3. The minimum atomic E-state index is -3.95. The second-order valence-electron chi connectivity index (χ2n) is 4.60. The molecule has 2 rings (SSSR count). The molecule has 0 radical (unpaired) electrons. The summed E-state index contributed by atoms with van der Waals surface area (Å²) >= 11 is 11.3. The second-order valence-corrected chi connectivity index (χ2v) is 7.24. The molecule has 0 amide bonds. The first-order valence-electron chi connectivity index (χ1n) is 6.15. The molecule has 0 unspecified atom stereocenters. The Morgan fingerprint density at radius 1 is 1.35 bits per heavy atom. The highest BCUT2D eigenvalue weighted by Gasteiger charge is 2.36. The third-order valence-electron chi connectivity index (χ3n) is 3.39. The third-order valence-corrected chi connectivity index (χ3v) is 6.16. The highest BCUT2D eigenvalue weighted by molar-refractivity contribution is 7.89. The first-order chi connectivity index (χ1) is 9.39. The topological polar surface area (TPSA) is 57.6 Å². The van der Waals surface area contributed by atoms with Gasteiger partial charge in [0.25, 0.3) is 0 Å². The molecule has 4 nitrogen and oxygen atoms in total. The Labute approximate surface area is 127 Å². The lowest BCUT2D eigenvalue weighted by Crippen LogP contribution is -2.45. The van der Waals surface area contributed by atoms with Gasteiger partial charge in [-0.3, -0.25) is 0 Å². The van der Waals surface area contributed by atoms with Crippen LogP contribution in [0, 0.1) is 5.82 Å². The van der Waals surface area contributed by atoms with Crippen LogP contribution >= 0.6 is 23.2 Å². The molecule has 1 fully saturated rings. The van der Waals surface area contributed by atoms with Crippen molar-refractivity contribution >= 4 is 33.2 Å². The summed E-state index contributed by atoms with van der Waals surface area (Å²) in [5.74, 6) is -0.952.